The van der Waals surface area contributed by atoms with Crippen LogP contribution in [0.1, 0.15) is 48.2 Å². The highest BCUT2D eigenvalue weighted by Crippen LogP contribution is 2.36. The Labute approximate surface area is 164 Å². The van der Waals surface area contributed by atoms with Crippen LogP contribution in [0.15, 0.2) is 53.4 Å². The fourth-order valence-corrected chi connectivity index (χ4v) is 4.61. The molecule has 2 unspecified atom stereocenters. The van der Waals surface area contributed by atoms with Crippen LogP contribution in [0.25, 0.3) is 0 Å². The van der Waals surface area contributed by atoms with E-state index in [0.717, 1.165) is 19.3 Å². The number of fused-ring (bicyclic) bond motifs is 1. The van der Waals surface area contributed by atoms with Gasteiger partial charge in [-0.1, -0.05) is 43.3 Å². The number of carbonyl (C=O) groups excluding carboxylic acids is 1. The third-order valence-corrected chi connectivity index (χ3v) is 6.43. The minimum Gasteiger partial charge on any atom is -0.480 e. The highest BCUT2D eigenvalue weighted by molar-refractivity contribution is 8.00. The van der Waals surface area contributed by atoms with Crippen molar-refractivity contribution in [2.45, 2.75) is 48.7 Å². The van der Waals surface area contributed by atoms with Crippen molar-refractivity contribution in [3.05, 3.63) is 65.2 Å². The Bertz CT molecular complexity index is 851. The van der Waals surface area contributed by atoms with Gasteiger partial charge >= 0.3 is 5.97 Å². The molecule has 0 aromatic heterocycles. The molecule has 0 bridgehead atoms. The van der Waals surface area contributed by atoms with Gasteiger partial charge in [0.05, 0.1) is 5.56 Å². The molecule has 2 aromatic carbocycles. The minimum absolute atomic E-state index is 0.0824. The molecular weight excluding hydrogens is 358 g/mol. The lowest BCUT2D eigenvalue weighted by molar-refractivity contribution is -0.136. The molecule has 0 aliphatic heterocycles. The molecule has 0 saturated heterocycles. The van der Waals surface area contributed by atoms with Crippen LogP contribution < -0.4 is 5.32 Å². The van der Waals surface area contributed by atoms with Crippen LogP contribution in [-0.4, -0.2) is 28.8 Å². The molecule has 5 heteroatoms. The van der Waals surface area contributed by atoms with Crippen molar-refractivity contribution in [3.8, 4) is 0 Å². The van der Waals surface area contributed by atoms with Gasteiger partial charge in [-0.2, -0.15) is 0 Å². The van der Waals surface area contributed by atoms with Gasteiger partial charge in [-0.3, -0.25) is 9.59 Å². The first-order chi connectivity index (χ1) is 12.9. The lowest BCUT2D eigenvalue weighted by Gasteiger charge is -2.36. The van der Waals surface area contributed by atoms with E-state index in [2.05, 4.69) is 36.5 Å². The molecule has 2 N–H and O–H groups in total. The Kier molecular flexibility index (Phi) is 5.90. The molecule has 1 aliphatic rings. The number of thioether (sulfide) groups is 1. The van der Waals surface area contributed by atoms with Crippen LogP contribution in [0, 0.1) is 0 Å². The Morgan fingerprint density at radius 2 is 1.89 bits per heavy atom. The van der Waals surface area contributed by atoms with Crippen LogP contribution in [0.2, 0.25) is 0 Å². The number of nitrogens with one attached hydrogen (secondary N) is 1. The van der Waals surface area contributed by atoms with Crippen molar-refractivity contribution < 1.29 is 14.7 Å². The fraction of sp³-hybridized carbons (Fsp3) is 0.364. The Balaban J connectivity index is 1.75. The van der Waals surface area contributed by atoms with E-state index < -0.39 is 11.2 Å². The van der Waals surface area contributed by atoms with Gasteiger partial charge in [-0.25, -0.2) is 0 Å². The minimum atomic E-state index is -0.887. The molecule has 0 fully saturated rings. The van der Waals surface area contributed by atoms with Gasteiger partial charge in [0.15, 0.2) is 0 Å². The van der Waals surface area contributed by atoms with E-state index in [1.165, 1.54) is 22.9 Å². The average Bonchev–Trinajstić information content (AvgIpc) is 2.67. The summed E-state index contributed by atoms with van der Waals surface area (Å²) in [6.07, 6.45) is 3.24. The summed E-state index contributed by atoms with van der Waals surface area (Å²) in [5, 5.41) is 11.6. The number of aliphatic carboxylic acids is 1. The molecule has 2 aromatic rings. The second-order valence-electron chi connectivity index (χ2n) is 7.35. The molecular formula is C22H25NO3S. The lowest BCUT2D eigenvalue weighted by atomic mass is 9.71. The third-order valence-electron chi connectivity index (χ3n) is 5.26. The lowest BCUT2D eigenvalue weighted by Crippen LogP contribution is -2.41. The van der Waals surface area contributed by atoms with Crippen molar-refractivity contribution >= 4 is 23.6 Å². The summed E-state index contributed by atoms with van der Waals surface area (Å²) in [5.74, 6) is -1.04. The number of amides is 1. The van der Waals surface area contributed by atoms with Crippen LogP contribution >= 0.6 is 11.8 Å². The van der Waals surface area contributed by atoms with Crippen molar-refractivity contribution in [3.63, 3.8) is 0 Å². The Morgan fingerprint density at radius 3 is 2.67 bits per heavy atom. The van der Waals surface area contributed by atoms with E-state index in [1.54, 1.807) is 19.1 Å². The number of carboxylic acid groups (broad SMARTS) is 1. The second-order valence-corrected chi connectivity index (χ2v) is 8.73. The molecule has 0 radical (unpaired) electrons. The zero-order chi connectivity index (χ0) is 19.4. The summed E-state index contributed by atoms with van der Waals surface area (Å²) in [5.41, 5.74) is 3.13. The number of carbonyl (C=O) groups is 2. The number of rotatable bonds is 6. The first-order valence-electron chi connectivity index (χ1n) is 9.26. The highest BCUT2D eigenvalue weighted by Gasteiger charge is 2.32. The average molecular weight is 384 g/mol. The van der Waals surface area contributed by atoms with E-state index in [0.29, 0.717) is 17.0 Å². The van der Waals surface area contributed by atoms with Crippen molar-refractivity contribution in [1.29, 1.82) is 0 Å². The first-order valence-corrected chi connectivity index (χ1v) is 10.1. The van der Waals surface area contributed by atoms with E-state index in [9.17, 15) is 9.59 Å². The Morgan fingerprint density at radius 1 is 1.19 bits per heavy atom. The number of hydrogen-bond acceptors (Lipinski definition) is 3. The van der Waals surface area contributed by atoms with Crippen molar-refractivity contribution in [2.24, 2.45) is 0 Å². The van der Waals surface area contributed by atoms with Gasteiger partial charge in [0, 0.05) is 16.9 Å². The SMILES string of the molecule is CC(Sc1ccccc1C(=O)NCC1(C)CCCc2ccccc21)C(=O)O. The van der Waals surface area contributed by atoms with Crippen LogP contribution in [0.3, 0.4) is 0 Å². The van der Waals surface area contributed by atoms with E-state index in [4.69, 9.17) is 5.11 Å². The monoisotopic (exact) mass is 383 g/mol. The van der Waals surface area contributed by atoms with Crippen molar-refractivity contribution in [2.75, 3.05) is 6.54 Å². The van der Waals surface area contributed by atoms with E-state index >= 15 is 0 Å². The predicted molar refractivity (Wildman–Crippen MR) is 108 cm³/mol. The smallest absolute Gasteiger partial charge is 0.316 e. The molecule has 0 spiro atoms. The van der Waals surface area contributed by atoms with Gasteiger partial charge in [-0.15, -0.1) is 11.8 Å². The van der Waals surface area contributed by atoms with Crippen LogP contribution in [0.4, 0.5) is 0 Å². The number of carboxylic acids is 1. The van der Waals surface area contributed by atoms with Gasteiger partial charge < -0.3 is 10.4 Å². The number of aryl methyl sites for hydroxylation is 1. The van der Waals surface area contributed by atoms with E-state index in [1.807, 2.05) is 12.1 Å². The largest absolute Gasteiger partial charge is 0.480 e. The third kappa shape index (κ3) is 4.35. The first kappa shape index (κ1) is 19.5. The summed E-state index contributed by atoms with van der Waals surface area (Å²) in [4.78, 5) is 24.7. The van der Waals surface area contributed by atoms with E-state index in [-0.39, 0.29) is 11.3 Å². The normalized spacial score (nSPS) is 19.8. The molecule has 2 atom stereocenters. The molecule has 27 heavy (non-hydrogen) atoms. The van der Waals surface area contributed by atoms with Gasteiger partial charge in [0.2, 0.25) is 0 Å². The maximum atomic E-state index is 12.8. The molecule has 0 heterocycles. The summed E-state index contributed by atoms with van der Waals surface area (Å²) in [6, 6.07) is 15.7. The standard InChI is InChI=1S/C22H25NO3S/c1-15(21(25)26)27-19-12-6-4-10-17(19)20(24)23-14-22(2)13-7-9-16-8-3-5-11-18(16)22/h3-6,8,10-12,15H,7,9,13-14H2,1-2H3,(H,23,24)(H,25,26). The Hall–Kier alpha value is -2.27. The van der Waals surface area contributed by atoms with Crippen LogP contribution in [0.5, 0.6) is 0 Å². The quantitative estimate of drug-likeness (QED) is 0.731. The molecule has 1 aliphatic carbocycles. The summed E-state index contributed by atoms with van der Waals surface area (Å²) >= 11 is 1.20. The van der Waals surface area contributed by atoms with Gasteiger partial charge in [0.1, 0.15) is 5.25 Å². The zero-order valence-electron chi connectivity index (χ0n) is 15.7. The predicted octanol–water partition coefficient (Wildman–Crippen LogP) is 4.28. The molecule has 1 amide bonds. The fourth-order valence-electron chi connectivity index (χ4n) is 3.68. The summed E-state index contributed by atoms with van der Waals surface area (Å²) in [6.45, 7) is 4.40. The number of hydrogen-bond donors (Lipinski definition) is 2. The highest BCUT2D eigenvalue weighted by atomic mass is 32.2. The van der Waals surface area contributed by atoms with Gasteiger partial charge in [-0.05, 0) is 49.4 Å². The second kappa shape index (κ2) is 8.17. The maximum absolute atomic E-state index is 12.8. The summed E-state index contributed by atoms with van der Waals surface area (Å²) < 4.78 is 0. The molecule has 4 nitrogen and oxygen atoms in total. The summed E-state index contributed by atoms with van der Waals surface area (Å²) in [7, 11) is 0. The maximum Gasteiger partial charge on any atom is 0.316 e. The topological polar surface area (TPSA) is 66.4 Å². The molecule has 142 valence electrons. The number of benzene rings is 2. The molecule has 0 saturated carbocycles. The zero-order valence-corrected chi connectivity index (χ0v) is 16.5. The van der Waals surface area contributed by atoms with Gasteiger partial charge in [0.25, 0.3) is 5.91 Å². The van der Waals surface area contributed by atoms with Crippen molar-refractivity contribution in [1.82, 2.24) is 5.32 Å². The molecule has 3 rings (SSSR count). The van der Waals surface area contributed by atoms with Crippen LogP contribution in [-0.2, 0) is 16.6 Å².